The lowest BCUT2D eigenvalue weighted by Crippen LogP contribution is -2.00. The van der Waals surface area contributed by atoms with Crippen LogP contribution in [-0.2, 0) is 0 Å². The molecule has 0 spiro atoms. The first-order chi connectivity index (χ1) is 25.2. The third-order valence-corrected chi connectivity index (χ3v) is 9.70. The highest BCUT2D eigenvalue weighted by Crippen LogP contribution is 2.41. The fourth-order valence-corrected chi connectivity index (χ4v) is 7.13. The van der Waals surface area contributed by atoms with Crippen LogP contribution in [-0.4, -0.2) is 15.0 Å². The minimum absolute atomic E-state index is 0.616. The van der Waals surface area contributed by atoms with Crippen molar-refractivity contribution in [2.75, 3.05) is 0 Å². The summed E-state index contributed by atoms with van der Waals surface area (Å²) < 4.78 is 6.63. The van der Waals surface area contributed by atoms with Crippen LogP contribution in [0.3, 0.4) is 0 Å². The Bertz CT molecular complexity index is 2900. The molecule has 10 rings (SSSR count). The summed E-state index contributed by atoms with van der Waals surface area (Å²) in [6.07, 6.45) is 0. The Labute approximate surface area is 294 Å². The molecule has 0 radical (unpaired) electrons. The van der Waals surface area contributed by atoms with Crippen LogP contribution in [0.5, 0.6) is 0 Å². The SMILES string of the molecule is c1ccc(-c2ccc3ccc(-c4nc(-c5ccccc5)nc(-c5cc6c7ccc(-c8ccccc8)cc7oc6c6ccccc56)n4)cc3c2)cc1. The van der Waals surface area contributed by atoms with Crippen molar-refractivity contribution in [3.05, 3.63) is 176 Å². The number of fused-ring (bicyclic) bond motifs is 6. The second-order valence-electron chi connectivity index (χ2n) is 12.8. The van der Waals surface area contributed by atoms with Gasteiger partial charge in [0.1, 0.15) is 11.2 Å². The van der Waals surface area contributed by atoms with Gasteiger partial charge in [0, 0.05) is 32.8 Å². The van der Waals surface area contributed by atoms with Crippen LogP contribution < -0.4 is 0 Å². The molecule has 0 amide bonds. The van der Waals surface area contributed by atoms with Crippen LogP contribution in [0.4, 0.5) is 0 Å². The number of benzene rings is 8. The van der Waals surface area contributed by atoms with Gasteiger partial charge in [0.05, 0.1) is 0 Å². The lowest BCUT2D eigenvalue weighted by molar-refractivity contribution is 0.673. The fraction of sp³-hybridized carbons (Fsp3) is 0. The van der Waals surface area contributed by atoms with Crippen molar-refractivity contribution in [3.63, 3.8) is 0 Å². The summed E-state index contributed by atoms with van der Waals surface area (Å²) in [5, 5.41) is 6.41. The average Bonchev–Trinajstić information content (AvgIpc) is 3.59. The minimum atomic E-state index is 0.616. The molecule has 0 saturated heterocycles. The maximum absolute atomic E-state index is 6.63. The molecule has 10 aromatic rings. The van der Waals surface area contributed by atoms with Crippen molar-refractivity contribution in [1.82, 2.24) is 15.0 Å². The van der Waals surface area contributed by atoms with Gasteiger partial charge >= 0.3 is 0 Å². The fourth-order valence-electron chi connectivity index (χ4n) is 7.13. The molecule has 8 aromatic carbocycles. The molecule has 0 atom stereocenters. The molecule has 0 aliphatic rings. The van der Waals surface area contributed by atoms with Crippen LogP contribution in [0.25, 0.3) is 99.9 Å². The van der Waals surface area contributed by atoms with Gasteiger partial charge in [0.25, 0.3) is 0 Å². The number of furan rings is 1. The summed E-state index contributed by atoms with van der Waals surface area (Å²) >= 11 is 0. The van der Waals surface area contributed by atoms with E-state index in [-0.39, 0.29) is 0 Å². The lowest BCUT2D eigenvalue weighted by Gasteiger charge is -2.11. The van der Waals surface area contributed by atoms with Gasteiger partial charge in [0.15, 0.2) is 17.5 Å². The van der Waals surface area contributed by atoms with Crippen molar-refractivity contribution in [2.45, 2.75) is 0 Å². The number of rotatable bonds is 5. The molecule has 0 aliphatic carbocycles. The van der Waals surface area contributed by atoms with Crippen molar-refractivity contribution in [3.8, 4) is 56.4 Å². The highest BCUT2D eigenvalue weighted by Gasteiger charge is 2.19. The highest BCUT2D eigenvalue weighted by atomic mass is 16.3. The van der Waals surface area contributed by atoms with E-state index in [2.05, 4.69) is 133 Å². The summed E-state index contributed by atoms with van der Waals surface area (Å²) in [4.78, 5) is 15.4. The molecule has 238 valence electrons. The zero-order valence-corrected chi connectivity index (χ0v) is 27.5. The summed E-state index contributed by atoms with van der Waals surface area (Å²) in [5.41, 5.74) is 9.13. The molecule has 4 heteroatoms. The van der Waals surface area contributed by atoms with Crippen LogP contribution >= 0.6 is 0 Å². The van der Waals surface area contributed by atoms with Crippen LogP contribution in [0, 0.1) is 0 Å². The van der Waals surface area contributed by atoms with Gasteiger partial charge in [-0.1, -0.05) is 146 Å². The maximum Gasteiger partial charge on any atom is 0.164 e. The van der Waals surface area contributed by atoms with Gasteiger partial charge in [-0.3, -0.25) is 0 Å². The summed E-state index contributed by atoms with van der Waals surface area (Å²) in [7, 11) is 0. The molecule has 0 unspecified atom stereocenters. The smallest absolute Gasteiger partial charge is 0.164 e. The highest BCUT2D eigenvalue weighted by molar-refractivity contribution is 6.19. The zero-order chi connectivity index (χ0) is 33.7. The molecule has 0 N–H and O–H groups in total. The molecule has 0 saturated carbocycles. The molecule has 2 heterocycles. The maximum atomic E-state index is 6.63. The molecule has 51 heavy (non-hydrogen) atoms. The quantitative estimate of drug-likeness (QED) is 0.186. The van der Waals surface area contributed by atoms with E-state index in [1.54, 1.807) is 0 Å². The van der Waals surface area contributed by atoms with Crippen molar-refractivity contribution in [2.24, 2.45) is 0 Å². The molecule has 0 aliphatic heterocycles. The standard InChI is InChI=1S/C47H29N3O/c1-4-12-30(13-5-1)34-22-20-32-21-23-36(27-37(32)26-34)46-48-45(33-16-8-3-9-17-33)49-47(50-46)42-29-41-39-25-24-35(31-14-6-2-7-15-31)28-43(39)51-44(41)40-19-11-10-18-38(40)42/h1-29H. The molecule has 4 nitrogen and oxygen atoms in total. The van der Waals surface area contributed by atoms with Crippen molar-refractivity contribution >= 4 is 43.5 Å². The summed E-state index contributed by atoms with van der Waals surface area (Å²) in [6.45, 7) is 0. The monoisotopic (exact) mass is 651 g/mol. The van der Waals surface area contributed by atoms with E-state index >= 15 is 0 Å². The predicted octanol–water partition coefficient (Wildman–Crippen LogP) is 12.4. The van der Waals surface area contributed by atoms with Crippen LogP contribution in [0.2, 0.25) is 0 Å². The van der Waals surface area contributed by atoms with E-state index in [9.17, 15) is 0 Å². The second kappa shape index (κ2) is 11.9. The Morgan fingerprint density at radius 1 is 0.314 bits per heavy atom. The average molecular weight is 652 g/mol. The number of aromatic nitrogens is 3. The van der Waals surface area contributed by atoms with E-state index in [0.29, 0.717) is 17.5 Å². The van der Waals surface area contributed by atoms with Gasteiger partial charge in [-0.05, 0) is 68.7 Å². The van der Waals surface area contributed by atoms with Crippen molar-refractivity contribution < 1.29 is 4.42 Å². The van der Waals surface area contributed by atoms with Gasteiger partial charge in [-0.25, -0.2) is 15.0 Å². The Balaban J connectivity index is 1.18. The molecular weight excluding hydrogens is 623 g/mol. The van der Waals surface area contributed by atoms with Crippen molar-refractivity contribution in [1.29, 1.82) is 0 Å². The Morgan fingerprint density at radius 3 is 1.55 bits per heavy atom. The van der Waals surface area contributed by atoms with E-state index in [4.69, 9.17) is 19.4 Å². The summed E-state index contributed by atoms with van der Waals surface area (Å²) in [6, 6.07) is 61.0. The van der Waals surface area contributed by atoms with E-state index in [1.807, 2.05) is 42.5 Å². The summed E-state index contributed by atoms with van der Waals surface area (Å²) in [5.74, 6) is 1.87. The Morgan fingerprint density at radius 2 is 0.843 bits per heavy atom. The zero-order valence-electron chi connectivity index (χ0n) is 27.5. The largest absolute Gasteiger partial charge is 0.455 e. The molecule has 0 bridgehead atoms. The predicted molar refractivity (Wildman–Crippen MR) is 209 cm³/mol. The normalized spacial score (nSPS) is 11.5. The number of nitrogens with zero attached hydrogens (tertiary/aromatic N) is 3. The first kappa shape index (κ1) is 29.0. The Kier molecular flexibility index (Phi) is 6.78. The number of hydrogen-bond acceptors (Lipinski definition) is 4. The first-order valence-corrected chi connectivity index (χ1v) is 17.1. The van der Waals surface area contributed by atoms with Gasteiger partial charge in [-0.2, -0.15) is 0 Å². The lowest BCUT2D eigenvalue weighted by atomic mass is 9.98. The first-order valence-electron chi connectivity index (χ1n) is 17.1. The second-order valence-corrected chi connectivity index (χ2v) is 12.8. The van der Waals surface area contributed by atoms with Gasteiger partial charge in [-0.15, -0.1) is 0 Å². The van der Waals surface area contributed by atoms with E-state index < -0.39 is 0 Å². The third-order valence-electron chi connectivity index (χ3n) is 9.70. The molecule has 2 aromatic heterocycles. The van der Waals surface area contributed by atoms with E-state index in [0.717, 1.165) is 71.3 Å². The van der Waals surface area contributed by atoms with Gasteiger partial charge in [0.2, 0.25) is 0 Å². The minimum Gasteiger partial charge on any atom is -0.455 e. The molecule has 0 fully saturated rings. The number of hydrogen-bond donors (Lipinski definition) is 0. The third kappa shape index (κ3) is 5.13. The van der Waals surface area contributed by atoms with Gasteiger partial charge < -0.3 is 4.42 Å². The Hall–Kier alpha value is -6.91. The van der Waals surface area contributed by atoms with E-state index in [1.165, 1.54) is 11.1 Å². The van der Waals surface area contributed by atoms with Crippen LogP contribution in [0.1, 0.15) is 0 Å². The topological polar surface area (TPSA) is 51.8 Å². The molecular formula is C47H29N3O. The van der Waals surface area contributed by atoms with Crippen LogP contribution in [0.15, 0.2) is 180 Å².